The van der Waals surface area contributed by atoms with E-state index in [2.05, 4.69) is 47.4 Å². The van der Waals surface area contributed by atoms with Crippen molar-refractivity contribution in [3.63, 3.8) is 0 Å². The van der Waals surface area contributed by atoms with Crippen LogP contribution in [0.4, 0.5) is 5.69 Å². The van der Waals surface area contributed by atoms with E-state index in [-0.39, 0.29) is 0 Å². The molecule has 0 saturated carbocycles. The average Bonchev–Trinajstić information content (AvgIpc) is 2.89. The van der Waals surface area contributed by atoms with Crippen LogP contribution in [0.15, 0.2) is 48.5 Å². The molecule has 2 aromatic carbocycles. The van der Waals surface area contributed by atoms with Crippen LogP contribution in [-0.2, 0) is 19.5 Å². The smallest absolute Gasteiger partial charge is 0.0363 e. The number of fused-ring (bicyclic) bond motifs is 1. The third-order valence-electron chi connectivity index (χ3n) is 4.12. The van der Waals surface area contributed by atoms with Gasteiger partial charge in [-0.15, -0.1) is 0 Å². The molecule has 0 radical (unpaired) electrons. The number of benzene rings is 2. The van der Waals surface area contributed by atoms with Crippen LogP contribution in [-0.4, -0.2) is 11.4 Å². The maximum Gasteiger partial charge on any atom is 0.0363 e. The van der Waals surface area contributed by atoms with Crippen molar-refractivity contribution in [3.05, 3.63) is 65.2 Å². The second-order valence-electron chi connectivity index (χ2n) is 5.64. The van der Waals surface area contributed by atoms with Crippen LogP contribution in [0.5, 0.6) is 0 Å². The number of nitrogen functional groups attached to an aromatic ring is 1. The minimum atomic E-state index is 0.953. The molecule has 0 spiro atoms. The van der Waals surface area contributed by atoms with Crippen molar-refractivity contribution in [2.24, 2.45) is 0 Å². The highest BCUT2D eigenvalue weighted by molar-refractivity contribution is 5.52. The number of nitrogens with two attached hydrogens (primary N) is 1. The van der Waals surface area contributed by atoms with E-state index in [0.29, 0.717) is 0 Å². The Balaban J connectivity index is 1.44. The van der Waals surface area contributed by atoms with E-state index in [9.17, 15) is 0 Å². The standard InChI is InChI=1S/C18H22N2/c19-18-11-6-10-16-13-20(14-17(16)18)12-5-4-9-15-7-2-1-3-8-15/h1-3,6-8,10-11H,4-5,9,12-14,19H2. The molecular formula is C18H22N2. The summed E-state index contributed by atoms with van der Waals surface area (Å²) >= 11 is 0. The van der Waals surface area contributed by atoms with Gasteiger partial charge in [0.05, 0.1) is 0 Å². The van der Waals surface area contributed by atoms with E-state index in [1.807, 2.05) is 6.07 Å². The summed E-state index contributed by atoms with van der Waals surface area (Å²) in [4.78, 5) is 2.51. The number of aryl methyl sites for hydroxylation is 1. The molecule has 0 saturated heterocycles. The van der Waals surface area contributed by atoms with E-state index in [1.54, 1.807) is 0 Å². The van der Waals surface area contributed by atoms with E-state index in [1.165, 1.54) is 42.5 Å². The first kappa shape index (κ1) is 13.2. The quantitative estimate of drug-likeness (QED) is 0.661. The molecule has 0 atom stereocenters. The molecule has 2 heteroatoms. The minimum Gasteiger partial charge on any atom is -0.398 e. The van der Waals surface area contributed by atoms with Crippen molar-refractivity contribution >= 4 is 5.69 Å². The zero-order valence-corrected chi connectivity index (χ0v) is 11.9. The maximum absolute atomic E-state index is 6.04. The lowest BCUT2D eigenvalue weighted by Gasteiger charge is -2.14. The van der Waals surface area contributed by atoms with Crippen LogP contribution in [0.1, 0.15) is 29.5 Å². The van der Waals surface area contributed by atoms with Crippen LogP contribution in [0.2, 0.25) is 0 Å². The fraction of sp³-hybridized carbons (Fsp3) is 0.333. The van der Waals surface area contributed by atoms with E-state index in [4.69, 9.17) is 5.73 Å². The summed E-state index contributed by atoms with van der Waals surface area (Å²) in [6.45, 7) is 3.25. The molecule has 0 aliphatic carbocycles. The molecule has 1 aliphatic heterocycles. The summed E-state index contributed by atoms with van der Waals surface area (Å²) in [6, 6.07) is 17.0. The molecule has 0 amide bonds. The number of unbranched alkanes of at least 4 members (excludes halogenated alkanes) is 1. The van der Waals surface area contributed by atoms with Crippen LogP contribution in [0, 0.1) is 0 Å². The lowest BCUT2D eigenvalue weighted by molar-refractivity contribution is 0.278. The van der Waals surface area contributed by atoms with Crippen LogP contribution >= 0.6 is 0 Å². The number of rotatable bonds is 5. The van der Waals surface area contributed by atoms with Gasteiger partial charge in [0.1, 0.15) is 0 Å². The average molecular weight is 266 g/mol. The molecule has 1 heterocycles. The number of hydrogen-bond donors (Lipinski definition) is 1. The number of anilines is 1. The fourth-order valence-corrected chi connectivity index (χ4v) is 2.98. The predicted molar refractivity (Wildman–Crippen MR) is 84.3 cm³/mol. The monoisotopic (exact) mass is 266 g/mol. The van der Waals surface area contributed by atoms with E-state index >= 15 is 0 Å². The summed E-state index contributed by atoms with van der Waals surface area (Å²) in [5, 5.41) is 0. The molecule has 1 aliphatic rings. The normalized spacial score (nSPS) is 14.4. The van der Waals surface area contributed by atoms with Gasteiger partial charge < -0.3 is 5.73 Å². The van der Waals surface area contributed by atoms with Gasteiger partial charge in [0.2, 0.25) is 0 Å². The first-order valence-corrected chi connectivity index (χ1v) is 7.45. The fourth-order valence-electron chi connectivity index (χ4n) is 2.98. The first-order chi connectivity index (χ1) is 9.83. The minimum absolute atomic E-state index is 0.953. The molecule has 20 heavy (non-hydrogen) atoms. The Morgan fingerprint density at radius 2 is 1.75 bits per heavy atom. The molecular weight excluding hydrogens is 244 g/mol. The van der Waals surface area contributed by atoms with Crippen molar-refractivity contribution < 1.29 is 0 Å². The van der Waals surface area contributed by atoms with Gasteiger partial charge in [-0.2, -0.15) is 0 Å². The van der Waals surface area contributed by atoms with Gasteiger partial charge >= 0.3 is 0 Å². The van der Waals surface area contributed by atoms with Crippen molar-refractivity contribution in [1.29, 1.82) is 0 Å². The predicted octanol–water partition coefficient (Wildman–Crippen LogP) is 3.61. The lowest BCUT2D eigenvalue weighted by atomic mass is 10.1. The Labute approximate surface area is 121 Å². The van der Waals surface area contributed by atoms with Gasteiger partial charge in [-0.05, 0) is 48.6 Å². The third kappa shape index (κ3) is 3.02. The molecule has 0 bridgehead atoms. The van der Waals surface area contributed by atoms with Gasteiger partial charge in [0.25, 0.3) is 0 Å². The Morgan fingerprint density at radius 3 is 2.55 bits per heavy atom. The zero-order chi connectivity index (χ0) is 13.8. The Hall–Kier alpha value is -1.80. The highest BCUT2D eigenvalue weighted by Gasteiger charge is 2.19. The van der Waals surface area contributed by atoms with Gasteiger partial charge in [-0.1, -0.05) is 42.5 Å². The second-order valence-corrected chi connectivity index (χ2v) is 5.64. The highest BCUT2D eigenvalue weighted by Crippen LogP contribution is 2.27. The molecule has 3 rings (SSSR count). The van der Waals surface area contributed by atoms with Gasteiger partial charge in [-0.3, -0.25) is 4.90 Å². The van der Waals surface area contributed by atoms with Crippen molar-refractivity contribution in [2.75, 3.05) is 12.3 Å². The van der Waals surface area contributed by atoms with E-state index in [0.717, 1.165) is 18.8 Å². The Morgan fingerprint density at radius 1 is 0.900 bits per heavy atom. The molecule has 104 valence electrons. The summed E-state index contributed by atoms with van der Waals surface area (Å²) < 4.78 is 0. The summed E-state index contributed by atoms with van der Waals surface area (Å²) in [5.74, 6) is 0. The number of hydrogen-bond acceptors (Lipinski definition) is 2. The maximum atomic E-state index is 6.04. The summed E-state index contributed by atoms with van der Waals surface area (Å²) in [7, 11) is 0. The lowest BCUT2D eigenvalue weighted by Crippen LogP contribution is -2.17. The van der Waals surface area contributed by atoms with Crippen LogP contribution in [0.3, 0.4) is 0 Å². The SMILES string of the molecule is Nc1cccc2c1CN(CCCCc1ccccc1)C2. The van der Waals surface area contributed by atoms with Gasteiger partial charge in [-0.25, -0.2) is 0 Å². The highest BCUT2D eigenvalue weighted by atomic mass is 15.1. The Bertz CT molecular complexity index is 563. The molecule has 2 N–H and O–H groups in total. The van der Waals surface area contributed by atoms with Crippen molar-refractivity contribution in [2.45, 2.75) is 32.4 Å². The molecule has 0 unspecified atom stereocenters. The van der Waals surface area contributed by atoms with Crippen LogP contribution < -0.4 is 5.73 Å². The van der Waals surface area contributed by atoms with Gasteiger partial charge in [0.15, 0.2) is 0 Å². The third-order valence-corrected chi connectivity index (χ3v) is 4.12. The van der Waals surface area contributed by atoms with Crippen molar-refractivity contribution in [3.8, 4) is 0 Å². The summed E-state index contributed by atoms with van der Waals surface area (Å²) in [5.41, 5.74) is 11.2. The Kier molecular flexibility index (Phi) is 4.03. The topological polar surface area (TPSA) is 29.3 Å². The zero-order valence-electron chi connectivity index (χ0n) is 11.9. The first-order valence-electron chi connectivity index (χ1n) is 7.45. The molecule has 2 nitrogen and oxygen atoms in total. The van der Waals surface area contributed by atoms with Crippen molar-refractivity contribution in [1.82, 2.24) is 4.90 Å². The second kappa shape index (κ2) is 6.10. The van der Waals surface area contributed by atoms with E-state index < -0.39 is 0 Å². The van der Waals surface area contributed by atoms with Gasteiger partial charge in [0, 0.05) is 18.8 Å². The summed E-state index contributed by atoms with van der Waals surface area (Å²) in [6.07, 6.45) is 3.69. The molecule has 0 aromatic heterocycles. The molecule has 0 fully saturated rings. The molecule has 2 aromatic rings. The number of nitrogens with zero attached hydrogens (tertiary/aromatic N) is 1. The largest absolute Gasteiger partial charge is 0.398 e. The van der Waals surface area contributed by atoms with Crippen LogP contribution in [0.25, 0.3) is 0 Å².